The predicted octanol–water partition coefficient (Wildman–Crippen LogP) is 4.14. The Morgan fingerprint density at radius 1 is 1.10 bits per heavy atom. The van der Waals surface area contributed by atoms with E-state index in [1.807, 2.05) is 15.8 Å². The molecule has 3 aromatic rings. The van der Waals surface area contributed by atoms with Gasteiger partial charge >= 0.3 is 0 Å². The molecule has 0 radical (unpaired) electrons. The second-order valence-electron chi connectivity index (χ2n) is 8.30. The van der Waals surface area contributed by atoms with E-state index in [4.69, 9.17) is 0 Å². The maximum absolute atomic E-state index is 13.1. The molecule has 0 saturated heterocycles. The second kappa shape index (κ2) is 7.97. The van der Waals surface area contributed by atoms with Crippen molar-refractivity contribution in [2.75, 3.05) is 4.90 Å². The lowest BCUT2D eigenvalue weighted by atomic mass is 9.99. The van der Waals surface area contributed by atoms with Crippen LogP contribution in [-0.4, -0.2) is 25.5 Å². The van der Waals surface area contributed by atoms with Crippen LogP contribution in [0.15, 0.2) is 42.7 Å². The van der Waals surface area contributed by atoms with Crippen molar-refractivity contribution >= 4 is 11.7 Å². The largest absolute Gasteiger partial charge is 0.330 e. The molecule has 2 aromatic heterocycles. The highest BCUT2D eigenvalue weighted by Gasteiger charge is 2.26. The highest BCUT2D eigenvalue weighted by molar-refractivity contribution is 5.94. The molecular formula is C23H24FN5O. The average Bonchev–Trinajstić information content (AvgIpc) is 3.47. The molecule has 1 aliphatic carbocycles. The number of anilines is 1. The Kier molecular flexibility index (Phi) is 5.02. The number of rotatable bonds is 6. The zero-order valence-electron chi connectivity index (χ0n) is 16.8. The molecule has 1 fully saturated rings. The zero-order chi connectivity index (χ0) is 20.5. The van der Waals surface area contributed by atoms with Crippen LogP contribution in [0.4, 0.5) is 10.3 Å². The van der Waals surface area contributed by atoms with E-state index in [0.29, 0.717) is 43.6 Å². The molecule has 0 spiro atoms. The Labute approximate surface area is 174 Å². The fourth-order valence-electron chi connectivity index (χ4n) is 4.45. The highest BCUT2D eigenvalue weighted by Crippen LogP contribution is 2.29. The Morgan fingerprint density at radius 2 is 1.90 bits per heavy atom. The molecule has 0 unspecified atom stereocenters. The molecular weight excluding hydrogens is 381 g/mol. The fourth-order valence-corrected chi connectivity index (χ4v) is 4.45. The third kappa shape index (κ3) is 3.97. The van der Waals surface area contributed by atoms with E-state index < -0.39 is 0 Å². The van der Waals surface area contributed by atoms with Gasteiger partial charge in [-0.3, -0.25) is 9.48 Å². The topological polar surface area (TPSA) is 63.9 Å². The van der Waals surface area contributed by atoms with Crippen molar-refractivity contribution < 1.29 is 9.18 Å². The van der Waals surface area contributed by atoms with E-state index in [0.717, 1.165) is 29.7 Å². The summed E-state index contributed by atoms with van der Waals surface area (Å²) in [6.45, 7) is 1.89. The van der Waals surface area contributed by atoms with Crippen molar-refractivity contribution in [3.8, 4) is 0 Å². The minimum Gasteiger partial charge on any atom is -0.330 e. The third-order valence-corrected chi connectivity index (χ3v) is 6.04. The van der Waals surface area contributed by atoms with Gasteiger partial charge in [0, 0.05) is 30.9 Å². The number of nitrogens with zero attached hydrogens (tertiary/aromatic N) is 5. The minimum atomic E-state index is -0.235. The van der Waals surface area contributed by atoms with Crippen LogP contribution >= 0.6 is 0 Å². The zero-order valence-corrected chi connectivity index (χ0v) is 16.8. The maximum atomic E-state index is 13.1. The number of hydrogen-bond acceptors (Lipinski definition) is 5. The monoisotopic (exact) mass is 405 g/mol. The summed E-state index contributed by atoms with van der Waals surface area (Å²) in [5.41, 5.74) is 3.64. The van der Waals surface area contributed by atoms with Gasteiger partial charge in [0.25, 0.3) is 0 Å². The first-order valence-electron chi connectivity index (χ1n) is 10.5. The molecule has 3 heterocycles. The third-order valence-electron chi connectivity index (χ3n) is 6.04. The van der Waals surface area contributed by atoms with Crippen molar-refractivity contribution in [2.45, 2.75) is 51.7 Å². The summed E-state index contributed by atoms with van der Waals surface area (Å²) >= 11 is 0. The molecule has 154 valence electrons. The van der Waals surface area contributed by atoms with E-state index >= 15 is 0 Å². The maximum Gasteiger partial charge on any atom is 0.226 e. The lowest BCUT2D eigenvalue weighted by Gasteiger charge is -2.16. The number of halogens is 1. The number of aromatic nitrogens is 4. The lowest BCUT2D eigenvalue weighted by molar-refractivity contribution is 0.0957. The van der Waals surface area contributed by atoms with E-state index in [2.05, 4.69) is 15.1 Å². The number of hydrogen-bond donors (Lipinski definition) is 0. The number of fused-ring (bicyclic) bond motifs is 1. The molecule has 0 atom stereocenters. The molecule has 1 aromatic carbocycles. The van der Waals surface area contributed by atoms with E-state index in [9.17, 15) is 9.18 Å². The van der Waals surface area contributed by atoms with Crippen LogP contribution in [0.1, 0.15) is 59.4 Å². The van der Waals surface area contributed by atoms with E-state index in [1.54, 1.807) is 24.4 Å². The van der Waals surface area contributed by atoms with Gasteiger partial charge in [-0.1, -0.05) is 37.8 Å². The second-order valence-corrected chi connectivity index (χ2v) is 8.30. The quantitative estimate of drug-likeness (QED) is 0.577. The van der Waals surface area contributed by atoms with Crippen molar-refractivity contribution in [3.63, 3.8) is 0 Å². The van der Waals surface area contributed by atoms with Crippen molar-refractivity contribution in [3.05, 3.63) is 71.1 Å². The summed E-state index contributed by atoms with van der Waals surface area (Å²) in [6.07, 6.45) is 9.05. The van der Waals surface area contributed by atoms with Crippen LogP contribution in [0.2, 0.25) is 0 Å². The molecule has 6 nitrogen and oxygen atoms in total. The molecule has 2 aliphatic rings. The van der Waals surface area contributed by atoms with Crippen LogP contribution in [0.25, 0.3) is 0 Å². The summed E-state index contributed by atoms with van der Waals surface area (Å²) in [7, 11) is 0. The van der Waals surface area contributed by atoms with Gasteiger partial charge in [0.15, 0.2) is 5.78 Å². The van der Waals surface area contributed by atoms with Crippen LogP contribution in [-0.2, 0) is 19.6 Å². The Morgan fingerprint density at radius 3 is 2.67 bits per heavy atom. The van der Waals surface area contributed by atoms with Gasteiger partial charge in [0.1, 0.15) is 11.5 Å². The molecule has 0 bridgehead atoms. The normalized spacial score (nSPS) is 16.2. The average molecular weight is 405 g/mol. The van der Waals surface area contributed by atoms with Crippen molar-refractivity contribution in [1.29, 1.82) is 0 Å². The number of Topliss-reactive ketones (excluding diaryl/α,β-unsaturated/α-hetero) is 1. The molecule has 0 amide bonds. The van der Waals surface area contributed by atoms with Gasteiger partial charge in [-0.15, -0.1) is 0 Å². The smallest absolute Gasteiger partial charge is 0.226 e. The summed E-state index contributed by atoms with van der Waals surface area (Å²) in [6, 6.07) is 8.20. The van der Waals surface area contributed by atoms with Crippen molar-refractivity contribution in [2.24, 2.45) is 5.92 Å². The van der Waals surface area contributed by atoms with Crippen LogP contribution in [0.5, 0.6) is 0 Å². The highest BCUT2D eigenvalue weighted by atomic mass is 19.1. The number of carbonyl (C=O) groups excluding carboxylic acids is 1. The van der Waals surface area contributed by atoms with Gasteiger partial charge in [-0.2, -0.15) is 5.10 Å². The number of ketones is 1. The lowest BCUT2D eigenvalue weighted by Crippen LogP contribution is -2.20. The summed E-state index contributed by atoms with van der Waals surface area (Å²) < 4.78 is 15.0. The van der Waals surface area contributed by atoms with Gasteiger partial charge in [-0.05, 0) is 29.7 Å². The Hall–Kier alpha value is -3.09. The summed E-state index contributed by atoms with van der Waals surface area (Å²) in [5.74, 6) is 0.970. The standard InChI is InChI=1S/C23H24FN5O/c24-19-7-5-17(6-8-19)12-29-14-18-13-28(15-21(18)27-29)23-25-10-9-20(26-23)22(30)11-16-3-1-2-4-16/h5-10,14,16H,1-4,11-13,15H2. The molecule has 0 N–H and O–H groups in total. The van der Waals surface area contributed by atoms with Gasteiger partial charge in [0.05, 0.1) is 18.8 Å². The fraction of sp³-hybridized carbons (Fsp3) is 0.391. The van der Waals surface area contributed by atoms with Gasteiger partial charge < -0.3 is 4.90 Å². The first kappa shape index (κ1) is 18.9. The summed E-state index contributed by atoms with van der Waals surface area (Å²) in [4.78, 5) is 23.6. The van der Waals surface area contributed by atoms with E-state index in [-0.39, 0.29) is 11.6 Å². The molecule has 1 aliphatic heterocycles. The van der Waals surface area contributed by atoms with Gasteiger partial charge in [0.2, 0.25) is 5.95 Å². The van der Waals surface area contributed by atoms with Crippen LogP contribution < -0.4 is 4.90 Å². The SMILES string of the molecule is O=C(CC1CCCC1)c1ccnc(N2Cc3cn(Cc4ccc(F)cc4)nc3C2)n1. The number of carbonyl (C=O) groups is 1. The number of benzene rings is 1. The molecule has 5 rings (SSSR count). The van der Waals surface area contributed by atoms with Crippen molar-refractivity contribution in [1.82, 2.24) is 19.7 Å². The Bertz CT molecular complexity index is 1030. The van der Waals surface area contributed by atoms with Crippen LogP contribution in [0.3, 0.4) is 0 Å². The van der Waals surface area contributed by atoms with Crippen LogP contribution in [0, 0.1) is 11.7 Å². The minimum absolute atomic E-state index is 0.118. The predicted molar refractivity (Wildman–Crippen MR) is 111 cm³/mol. The molecule has 30 heavy (non-hydrogen) atoms. The first-order chi connectivity index (χ1) is 14.6. The van der Waals surface area contributed by atoms with E-state index in [1.165, 1.54) is 25.0 Å². The first-order valence-corrected chi connectivity index (χ1v) is 10.5. The molecule has 1 saturated carbocycles. The van der Waals surface area contributed by atoms with Gasteiger partial charge in [-0.25, -0.2) is 14.4 Å². The molecule has 7 heteroatoms. The Balaban J connectivity index is 1.25. The summed E-state index contributed by atoms with van der Waals surface area (Å²) in [5, 5.41) is 4.67.